The van der Waals surface area contributed by atoms with Gasteiger partial charge in [0.25, 0.3) is 0 Å². The van der Waals surface area contributed by atoms with Gasteiger partial charge in [-0.15, -0.1) is 0 Å². The first-order valence-electron chi connectivity index (χ1n) is 4.68. The van der Waals surface area contributed by atoms with E-state index in [0.29, 0.717) is 5.82 Å². The van der Waals surface area contributed by atoms with E-state index in [0.717, 1.165) is 12.2 Å². The zero-order chi connectivity index (χ0) is 10.6. The third-order valence-corrected chi connectivity index (χ3v) is 1.73. The summed E-state index contributed by atoms with van der Waals surface area (Å²) in [5.74, 6) is 5.93. The number of nitrogen functional groups attached to an aromatic ring is 1. The quantitative estimate of drug-likeness (QED) is 0.507. The van der Waals surface area contributed by atoms with E-state index in [-0.39, 0.29) is 5.41 Å². The van der Waals surface area contributed by atoms with Crippen LogP contribution in [0.3, 0.4) is 0 Å². The highest BCUT2D eigenvalue weighted by molar-refractivity contribution is 5.51. The molecule has 14 heavy (non-hydrogen) atoms. The van der Waals surface area contributed by atoms with Crippen LogP contribution in [0.2, 0.25) is 0 Å². The van der Waals surface area contributed by atoms with Gasteiger partial charge in [0.05, 0.1) is 0 Å². The van der Waals surface area contributed by atoms with Crippen molar-refractivity contribution in [1.82, 2.24) is 4.98 Å². The Hall–Kier alpha value is -1.29. The summed E-state index contributed by atoms with van der Waals surface area (Å²) in [6.07, 6.45) is 1.72. The first-order chi connectivity index (χ1) is 6.51. The Kier molecular flexibility index (Phi) is 3.30. The Bertz CT molecular complexity index is 290. The van der Waals surface area contributed by atoms with Crippen LogP contribution < -0.4 is 16.6 Å². The Morgan fingerprint density at radius 2 is 2.14 bits per heavy atom. The van der Waals surface area contributed by atoms with Crippen LogP contribution in [0.5, 0.6) is 0 Å². The SMILES string of the molecule is CC(C)(C)CNc1ccnc(NN)c1. The van der Waals surface area contributed by atoms with Gasteiger partial charge in [-0.3, -0.25) is 0 Å². The molecule has 4 N–H and O–H groups in total. The lowest BCUT2D eigenvalue weighted by Crippen LogP contribution is -2.19. The van der Waals surface area contributed by atoms with Crippen molar-refractivity contribution in [1.29, 1.82) is 0 Å². The second kappa shape index (κ2) is 4.28. The van der Waals surface area contributed by atoms with Crippen molar-refractivity contribution < 1.29 is 0 Å². The minimum Gasteiger partial charge on any atom is -0.384 e. The molecule has 0 aliphatic rings. The average molecular weight is 194 g/mol. The van der Waals surface area contributed by atoms with Crippen LogP contribution in [-0.2, 0) is 0 Å². The summed E-state index contributed by atoms with van der Waals surface area (Å²) in [4.78, 5) is 4.03. The van der Waals surface area contributed by atoms with Crippen LogP contribution in [0, 0.1) is 5.41 Å². The molecule has 0 spiro atoms. The van der Waals surface area contributed by atoms with E-state index in [9.17, 15) is 0 Å². The fourth-order valence-electron chi connectivity index (χ4n) is 0.987. The van der Waals surface area contributed by atoms with Crippen molar-refractivity contribution in [2.24, 2.45) is 11.3 Å². The van der Waals surface area contributed by atoms with E-state index in [2.05, 4.69) is 36.5 Å². The van der Waals surface area contributed by atoms with Crippen molar-refractivity contribution in [3.05, 3.63) is 18.3 Å². The lowest BCUT2D eigenvalue weighted by molar-refractivity contribution is 0.443. The Labute approximate surface area is 84.9 Å². The Morgan fingerprint density at radius 3 is 2.71 bits per heavy atom. The molecule has 0 fully saturated rings. The van der Waals surface area contributed by atoms with Gasteiger partial charge in [0, 0.05) is 24.5 Å². The fourth-order valence-corrected chi connectivity index (χ4v) is 0.987. The second-order valence-electron chi connectivity index (χ2n) is 4.49. The normalized spacial score (nSPS) is 11.1. The summed E-state index contributed by atoms with van der Waals surface area (Å²) < 4.78 is 0. The molecule has 0 aliphatic heterocycles. The summed E-state index contributed by atoms with van der Waals surface area (Å²) in [6.45, 7) is 7.47. The summed E-state index contributed by atoms with van der Waals surface area (Å²) in [7, 11) is 0. The van der Waals surface area contributed by atoms with E-state index in [1.54, 1.807) is 6.20 Å². The maximum absolute atomic E-state index is 5.26. The minimum absolute atomic E-state index is 0.263. The summed E-state index contributed by atoms with van der Waals surface area (Å²) in [5.41, 5.74) is 3.81. The Morgan fingerprint density at radius 1 is 1.43 bits per heavy atom. The number of rotatable bonds is 3. The molecule has 0 aromatic carbocycles. The monoisotopic (exact) mass is 194 g/mol. The second-order valence-corrected chi connectivity index (χ2v) is 4.49. The summed E-state index contributed by atoms with van der Waals surface area (Å²) in [6, 6.07) is 3.80. The number of aromatic nitrogens is 1. The third kappa shape index (κ3) is 3.62. The molecule has 0 atom stereocenters. The lowest BCUT2D eigenvalue weighted by atomic mass is 9.97. The number of nitrogens with zero attached hydrogens (tertiary/aromatic N) is 1. The van der Waals surface area contributed by atoms with Gasteiger partial charge in [-0.25, -0.2) is 10.8 Å². The van der Waals surface area contributed by atoms with Crippen LogP contribution in [0.1, 0.15) is 20.8 Å². The highest BCUT2D eigenvalue weighted by Gasteiger charge is 2.09. The number of hydrogen-bond donors (Lipinski definition) is 3. The van der Waals surface area contributed by atoms with E-state index in [1.165, 1.54) is 0 Å². The van der Waals surface area contributed by atoms with E-state index < -0.39 is 0 Å². The van der Waals surface area contributed by atoms with Crippen molar-refractivity contribution in [2.75, 3.05) is 17.3 Å². The van der Waals surface area contributed by atoms with Gasteiger partial charge < -0.3 is 10.7 Å². The van der Waals surface area contributed by atoms with Crippen LogP contribution in [0.25, 0.3) is 0 Å². The molecule has 0 aliphatic carbocycles. The molecule has 0 bridgehead atoms. The van der Waals surface area contributed by atoms with Crippen LogP contribution in [0.4, 0.5) is 11.5 Å². The molecular formula is C10H18N4. The zero-order valence-corrected chi connectivity index (χ0v) is 8.96. The highest BCUT2D eigenvalue weighted by Crippen LogP contribution is 2.16. The number of pyridine rings is 1. The van der Waals surface area contributed by atoms with Crippen molar-refractivity contribution in [3.8, 4) is 0 Å². The maximum atomic E-state index is 5.26. The van der Waals surface area contributed by atoms with Crippen LogP contribution >= 0.6 is 0 Å². The topological polar surface area (TPSA) is 63.0 Å². The standard InChI is InChI=1S/C10H18N4/c1-10(2,3)7-13-8-4-5-12-9(6-8)14-11/h4-6H,7,11H2,1-3H3,(H2,12,13,14). The number of anilines is 2. The summed E-state index contributed by atoms with van der Waals surface area (Å²) >= 11 is 0. The number of hydrogen-bond acceptors (Lipinski definition) is 4. The Balaban J connectivity index is 2.59. The van der Waals surface area contributed by atoms with Crippen molar-refractivity contribution >= 4 is 11.5 Å². The van der Waals surface area contributed by atoms with Gasteiger partial charge >= 0.3 is 0 Å². The number of nitrogens with one attached hydrogen (secondary N) is 2. The predicted octanol–water partition coefficient (Wildman–Crippen LogP) is 1.83. The molecule has 0 radical (unpaired) electrons. The molecule has 4 nitrogen and oxygen atoms in total. The maximum Gasteiger partial charge on any atom is 0.141 e. The van der Waals surface area contributed by atoms with Gasteiger partial charge in [-0.05, 0) is 11.5 Å². The largest absolute Gasteiger partial charge is 0.384 e. The summed E-state index contributed by atoms with van der Waals surface area (Å²) in [5, 5.41) is 3.32. The molecule has 0 unspecified atom stereocenters. The van der Waals surface area contributed by atoms with Crippen LogP contribution in [-0.4, -0.2) is 11.5 Å². The third-order valence-electron chi connectivity index (χ3n) is 1.73. The van der Waals surface area contributed by atoms with E-state index >= 15 is 0 Å². The first-order valence-corrected chi connectivity index (χ1v) is 4.68. The zero-order valence-electron chi connectivity index (χ0n) is 8.96. The molecule has 0 saturated carbocycles. The van der Waals surface area contributed by atoms with Crippen molar-refractivity contribution in [3.63, 3.8) is 0 Å². The van der Waals surface area contributed by atoms with Gasteiger partial charge in [-0.2, -0.15) is 0 Å². The van der Waals surface area contributed by atoms with Gasteiger partial charge in [0.2, 0.25) is 0 Å². The number of nitrogens with two attached hydrogens (primary N) is 1. The van der Waals surface area contributed by atoms with E-state index in [4.69, 9.17) is 5.84 Å². The molecule has 1 heterocycles. The molecule has 1 rings (SSSR count). The minimum atomic E-state index is 0.263. The van der Waals surface area contributed by atoms with Gasteiger partial charge in [0.15, 0.2) is 0 Å². The number of hydrazine groups is 1. The predicted molar refractivity (Wildman–Crippen MR) is 60.0 cm³/mol. The molecule has 1 aromatic heterocycles. The van der Waals surface area contributed by atoms with Crippen molar-refractivity contribution in [2.45, 2.75) is 20.8 Å². The fraction of sp³-hybridized carbons (Fsp3) is 0.500. The molecular weight excluding hydrogens is 176 g/mol. The molecule has 1 aromatic rings. The first kappa shape index (κ1) is 10.8. The highest BCUT2D eigenvalue weighted by atomic mass is 15.2. The average Bonchev–Trinajstić information content (AvgIpc) is 2.14. The van der Waals surface area contributed by atoms with Crippen LogP contribution in [0.15, 0.2) is 18.3 Å². The molecule has 78 valence electrons. The molecule has 0 amide bonds. The lowest BCUT2D eigenvalue weighted by Gasteiger charge is -2.19. The van der Waals surface area contributed by atoms with Gasteiger partial charge in [-0.1, -0.05) is 20.8 Å². The van der Waals surface area contributed by atoms with Gasteiger partial charge in [0.1, 0.15) is 5.82 Å². The molecule has 0 saturated heterocycles. The molecule has 4 heteroatoms. The van der Waals surface area contributed by atoms with E-state index in [1.807, 2.05) is 12.1 Å². The smallest absolute Gasteiger partial charge is 0.141 e.